The van der Waals surface area contributed by atoms with Crippen LogP contribution >= 0.6 is 0 Å². The summed E-state index contributed by atoms with van der Waals surface area (Å²) in [5.41, 5.74) is 1.44. The number of nitrogens with zero attached hydrogens (tertiary/aromatic N) is 4. The van der Waals surface area contributed by atoms with E-state index in [9.17, 15) is 4.79 Å². The maximum absolute atomic E-state index is 12.9. The predicted molar refractivity (Wildman–Crippen MR) is 92.9 cm³/mol. The highest BCUT2D eigenvalue weighted by Crippen LogP contribution is 2.17. The Kier molecular flexibility index (Phi) is 4.96. The number of imidazole rings is 1. The van der Waals surface area contributed by atoms with Gasteiger partial charge in [0.15, 0.2) is 5.69 Å². The van der Waals surface area contributed by atoms with Gasteiger partial charge in [0.25, 0.3) is 5.91 Å². The molecule has 0 aliphatic carbocycles. The Balaban J connectivity index is 1.56. The number of pyridine rings is 1. The van der Waals surface area contributed by atoms with Crippen LogP contribution in [0.15, 0.2) is 24.4 Å². The second-order valence-corrected chi connectivity index (χ2v) is 6.44. The number of hydrogen-bond acceptors (Lipinski definition) is 5. The first-order chi connectivity index (χ1) is 12.3. The van der Waals surface area contributed by atoms with Crippen LogP contribution < -0.4 is 0 Å². The highest BCUT2D eigenvalue weighted by molar-refractivity contribution is 5.99. The molecule has 2 saturated heterocycles. The summed E-state index contributed by atoms with van der Waals surface area (Å²) in [4.78, 5) is 21.8. The molecule has 25 heavy (non-hydrogen) atoms. The lowest BCUT2D eigenvalue weighted by Crippen LogP contribution is -2.41. The van der Waals surface area contributed by atoms with Gasteiger partial charge in [-0.2, -0.15) is 0 Å². The van der Waals surface area contributed by atoms with E-state index in [4.69, 9.17) is 14.5 Å². The minimum Gasteiger partial charge on any atom is -0.379 e. The lowest BCUT2D eigenvalue weighted by Gasteiger charge is -2.26. The zero-order valence-electron chi connectivity index (χ0n) is 14.4. The first kappa shape index (κ1) is 16.5. The Morgan fingerprint density at radius 2 is 1.76 bits per heavy atom. The van der Waals surface area contributed by atoms with Gasteiger partial charge in [0, 0.05) is 45.3 Å². The molecule has 0 unspecified atom stereocenters. The molecule has 0 spiro atoms. The molecule has 134 valence electrons. The van der Waals surface area contributed by atoms with Crippen molar-refractivity contribution in [3.8, 4) is 0 Å². The second kappa shape index (κ2) is 7.51. The fraction of sp³-hybridized carbons (Fsp3) is 0.556. The van der Waals surface area contributed by atoms with Crippen molar-refractivity contribution in [2.75, 3.05) is 59.2 Å². The standard InChI is InChI=1S/C18H24N4O3/c23-18(21-9-13-25-14-10-21)17-15-3-1-2-5-22(15)16(19-17)4-6-20-7-11-24-12-8-20/h1-3,5H,4,6-14H2. The molecule has 0 radical (unpaired) electrons. The molecular formula is C18H24N4O3. The summed E-state index contributed by atoms with van der Waals surface area (Å²) in [6, 6.07) is 5.91. The number of ether oxygens (including phenoxy) is 2. The number of hydrogen-bond donors (Lipinski definition) is 0. The topological polar surface area (TPSA) is 59.3 Å². The van der Waals surface area contributed by atoms with Crippen LogP contribution in [0, 0.1) is 0 Å². The lowest BCUT2D eigenvalue weighted by molar-refractivity contribution is 0.0300. The van der Waals surface area contributed by atoms with E-state index >= 15 is 0 Å². The van der Waals surface area contributed by atoms with Crippen molar-refractivity contribution in [1.29, 1.82) is 0 Å². The maximum Gasteiger partial charge on any atom is 0.274 e. The number of aromatic nitrogens is 2. The summed E-state index contributed by atoms with van der Waals surface area (Å²) in [6.45, 7) is 6.91. The third-order valence-electron chi connectivity index (χ3n) is 4.88. The zero-order chi connectivity index (χ0) is 17.1. The molecule has 2 aromatic heterocycles. The number of morpholine rings is 2. The molecule has 4 heterocycles. The molecular weight excluding hydrogens is 320 g/mol. The molecule has 1 amide bonds. The highest BCUT2D eigenvalue weighted by atomic mass is 16.5. The third-order valence-corrected chi connectivity index (χ3v) is 4.88. The molecule has 0 N–H and O–H groups in total. The van der Waals surface area contributed by atoms with Crippen molar-refractivity contribution in [2.45, 2.75) is 6.42 Å². The summed E-state index contributed by atoms with van der Waals surface area (Å²) >= 11 is 0. The molecule has 7 nitrogen and oxygen atoms in total. The fourth-order valence-electron chi connectivity index (χ4n) is 3.43. The molecule has 2 fully saturated rings. The van der Waals surface area contributed by atoms with Crippen molar-refractivity contribution in [2.24, 2.45) is 0 Å². The van der Waals surface area contributed by atoms with E-state index in [1.165, 1.54) is 0 Å². The van der Waals surface area contributed by atoms with E-state index in [1.807, 2.05) is 33.7 Å². The second-order valence-electron chi connectivity index (χ2n) is 6.44. The van der Waals surface area contributed by atoms with Gasteiger partial charge >= 0.3 is 0 Å². The van der Waals surface area contributed by atoms with Crippen LogP contribution in [0.1, 0.15) is 16.3 Å². The van der Waals surface area contributed by atoms with Crippen molar-refractivity contribution in [3.05, 3.63) is 35.9 Å². The van der Waals surface area contributed by atoms with Crippen LogP contribution in [-0.2, 0) is 15.9 Å². The average molecular weight is 344 g/mol. The van der Waals surface area contributed by atoms with Gasteiger partial charge in [-0.3, -0.25) is 9.69 Å². The highest BCUT2D eigenvalue weighted by Gasteiger charge is 2.24. The maximum atomic E-state index is 12.9. The van der Waals surface area contributed by atoms with E-state index in [2.05, 4.69) is 4.90 Å². The minimum atomic E-state index is 0.00428. The lowest BCUT2D eigenvalue weighted by atomic mass is 10.3. The Morgan fingerprint density at radius 1 is 1.04 bits per heavy atom. The number of carbonyl (C=O) groups is 1. The van der Waals surface area contributed by atoms with Crippen molar-refractivity contribution in [1.82, 2.24) is 19.2 Å². The summed E-state index contributed by atoms with van der Waals surface area (Å²) < 4.78 is 12.8. The van der Waals surface area contributed by atoms with Crippen molar-refractivity contribution in [3.63, 3.8) is 0 Å². The van der Waals surface area contributed by atoms with Crippen LogP contribution in [0.4, 0.5) is 0 Å². The van der Waals surface area contributed by atoms with Gasteiger partial charge in [0.1, 0.15) is 5.82 Å². The number of rotatable bonds is 4. The summed E-state index contributed by atoms with van der Waals surface area (Å²) in [5.74, 6) is 0.948. The van der Waals surface area contributed by atoms with Crippen LogP contribution in [0.5, 0.6) is 0 Å². The molecule has 0 atom stereocenters. The molecule has 2 aromatic rings. The normalized spacial score (nSPS) is 19.4. The molecule has 7 heteroatoms. The molecule has 2 aliphatic rings. The largest absolute Gasteiger partial charge is 0.379 e. The third kappa shape index (κ3) is 3.53. The van der Waals surface area contributed by atoms with Crippen molar-refractivity contribution >= 4 is 11.4 Å². The van der Waals surface area contributed by atoms with Gasteiger partial charge in [-0.05, 0) is 12.1 Å². The van der Waals surface area contributed by atoms with Gasteiger partial charge < -0.3 is 18.8 Å². The Bertz CT molecular complexity index is 733. The predicted octanol–water partition coefficient (Wildman–Crippen LogP) is 0.681. The van der Waals surface area contributed by atoms with Crippen LogP contribution in [-0.4, -0.2) is 84.2 Å². The van der Waals surface area contributed by atoms with Gasteiger partial charge in [0.05, 0.1) is 31.9 Å². The summed E-state index contributed by atoms with van der Waals surface area (Å²) in [7, 11) is 0. The Labute approximate surface area is 147 Å². The summed E-state index contributed by atoms with van der Waals surface area (Å²) in [5, 5.41) is 0. The Hall–Kier alpha value is -1.96. The molecule has 0 aromatic carbocycles. The molecule has 0 bridgehead atoms. The van der Waals surface area contributed by atoms with Crippen LogP contribution in [0.2, 0.25) is 0 Å². The van der Waals surface area contributed by atoms with E-state index in [-0.39, 0.29) is 5.91 Å². The smallest absolute Gasteiger partial charge is 0.274 e. The Morgan fingerprint density at radius 3 is 2.52 bits per heavy atom. The monoisotopic (exact) mass is 344 g/mol. The first-order valence-corrected chi connectivity index (χ1v) is 8.96. The van der Waals surface area contributed by atoms with Crippen LogP contribution in [0.25, 0.3) is 5.52 Å². The van der Waals surface area contributed by atoms with Gasteiger partial charge in [-0.25, -0.2) is 4.98 Å². The van der Waals surface area contributed by atoms with Gasteiger partial charge in [0.2, 0.25) is 0 Å². The number of fused-ring (bicyclic) bond motifs is 1. The van der Waals surface area contributed by atoms with E-state index < -0.39 is 0 Å². The van der Waals surface area contributed by atoms with Gasteiger partial charge in [-0.15, -0.1) is 0 Å². The fourth-order valence-corrected chi connectivity index (χ4v) is 3.43. The summed E-state index contributed by atoms with van der Waals surface area (Å²) in [6.07, 6.45) is 2.81. The molecule has 4 rings (SSSR count). The van der Waals surface area contributed by atoms with Crippen molar-refractivity contribution < 1.29 is 14.3 Å². The zero-order valence-corrected chi connectivity index (χ0v) is 14.4. The minimum absolute atomic E-state index is 0.00428. The van der Waals surface area contributed by atoms with E-state index in [0.717, 1.165) is 50.6 Å². The molecule has 2 aliphatic heterocycles. The number of amides is 1. The van der Waals surface area contributed by atoms with E-state index in [1.54, 1.807) is 0 Å². The van der Waals surface area contributed by atoms with Crippen LogP contribution in [0.3, 0.4) is 0 Å². The number of carbonyl (C=O) groups excluding carboxylic acids is 1. The average Bonchev–Trinajstić information content (AvgIpc) is 3.06. The SMILES string of the molecule is O=C(c1nc(CCN2CCOCC2)n2ccccc12)N1CCOCC1. The van der Waals surface area contributed by atoms with E-state index in [0.29, 0.717) is 32.0 Å². The quantitative estimate of drug-likeness (QED) is 0.816. The molecule has 0 saturated carbocycles. The first-order valence-electron chi connectivity index (χ1n) is 8.96. The van der Waals surface area contributed by atoms with Gasteiger partial charge in [-0.1, -0.05) is 6.07 Å².